The predicted octanol–water partition coefficient (Wildman–Crippen LogP) is 2.21. The summed E-state index contributed by atoms with van der Waals surface area (Å²) in [6.07, 6.45) is 0.0617. The molecule has 0 unspecified atom stereocenters. The molecule has 1 amide bonds. The van der Waals surface area contributed by atoms with E-state index in [9.17, 15) is 14.7 Å². The summed E-state index contributed by atoms with van der Waals surface area (Å²) in [5.41, 5.74) is 2.20. The van der Waals surface area contributed by atoms with Crippen molar-refractivity contribution >= 4 is 11.9 Å². The second kappa shape index (κ2) is 6.62. The van der Waals surface area contributed by atoms with E-state index < -0.39 is 12.0 Å². The van der Waals surface area contributed by atoms with Crippen molar-refractivity contribution in [3.63, 3.8) is 0 Å². The van der Waals surface area contributed by atoms with Crippen LogP contribution in [0.25, 0.3) is 0 Å². The number of nitrogens with one attached hydrogen (secondary N) is 1. The first kappa shape index (κ1) is 15.9. The molecule has 1 aliphatic heterocycles. The first-order valence-electron chi connectivity index (χ1n) is 7.50. The van der Waals surface area contributed by atoms with Crippen LogP contribution in [0.3, 0.4) is 0 Å². The number of ether oxygens (including phenoxy) is 2. The number of fused-ring (bicyclic) bond motifs is 1. The molecule has 0 spiro atoms. The highest BCUT2D eigenvalue weighted by molar-refractivity contribution is 5.85. The molecular formula is C18H17NO5. The van der Waals surface area contributed by atoms with Crippen LogP contribution >= 0.6 is 0 Å². The van der Waals surface area contributed by atoms with Crippen LogP contribution < -0.4 is 14.8 Å². The summed E-state index contributed by atoms with van der Waals surface area (Å²) in [7, 11) is 0. The van der Waals surface area contributed by atoms with E-state index in [1.54, 1.807) is 36.4 Å². The van der Waals surface area contributed by atoms with Crippen molar-refractivity contribution in [1.29, 1.82) is 0 Å². The van der Waals surface area contributed by atoms with Crippen LogP contribution in [-0.4, -0.2) is 23.8 Å². The van der Waals surface area contributed by atoms with Crippen molar-refractivity contribution in [3.05, 3.63) is 59.2 Å². The Morgan fingerprint density at radius 3 is 2.71 bits per heavy atom. The van der Waals surface area contributed by atoms with E-state index in [0.29, 0.717) is 17.1 Å². The third-order valence-corrected chi connectivity index (χ3v) is 3.73. The minimum absolute atomic E-state index is 0.0617. The molecule has 0 aliphatic carbocycles. The lowest BCUT2D eigenvalue weighted by Crippen LogP contribution is -2.34. The summed E-state index contributed by atoms with van der Waals surface area (Å²) in [5, 5.41) is 12.0. The highest BCUT2D eigenvalue weighted by Crippen LogP contribution is 2.32. The molecule has 2 N–H and O–H groups in total. The van der Waals surface area contributed by atoms with Crippen molar-refractivity contribution in [2.24, 2.45) is 0 Å². The number of aliphatic carboxylic acids is 1. The SMILES string of the molecule is Cc1cccc([C@H](NC(=O)Cc2ccc3c(c2)OCO3)C(=O)O)c1. The van der Waals surface area contributed by atoms with Gasteiger partial charge in [-0.15, -0.1) is 0 Å². The van der Waals surface area contributed by atoms with Gasteiger partial charge in [0.2, 0.25) is 12.7 Å². The zero-order valence-electron chi connectivity index (χ0n) is 13.1. The number of hydrogen-bond acceptors (Lipinski definition) is 4. The van der Waals surface area contributed by atoms with Crippen molar-refractivity contribution in [1.82, 2.24) is 5.32 Å². The molecule has 3 rings (SSSR count). The molecule has 1 heterocycles. The van der Waals surface area contributed by atoms with Gasteiger partial charge in [0.1, 0.15) is 0 Å². The van der Waals surface area contributed by atoms with Gasteiger partial charge in [0.25, 0.3) is 0 Å². The summed E-state index contributed by atoms with van der Waals surface area (Å²) < 4.78 is 10.5. The maximum absolute atomic E-state index is 12.2. The summed E-state index contributed by atoms with van der Waals surface area (Å²) in [5.74, 6) is -0.237. The van der Waals surface area contributed by atoms with E-state index in [2.05, 4.69) is 5.32 Å². The predicted molar refractivity (Wildman–Crippen MR) is 86.0 cm³/mol. The van der Waals surface area contributed by atoms with Crippen LogP contribution in [-0.2, 0) is 16.0 Å². The second-order valence-corrected chi connectivity index (χ2v) is 5.62. The van der Waals surface area contributed by atoms with E-state index in [-0.39, 0.29) is 19.1 Å². The molecule has 6 nitrogen and oxygen atoms in total. The molecule has 0 saturated heterocycles. The van der Waals surface area contributed by atoms with Crippen LogP contribution in [0.1, 0.15) is 22.7 Å². The number of carbonyl (C=O) groups is 2. The summed E-state index contributed by atoms with van der Waals surface area (Å²) in [6, 6.07) is 11.2. The highest BCUT2D eigenvalue weighted by Gasteiger charge is 2.22. The third-order valence-electron chi connectivity index (χ3n) is 3.73. The number of amides is 1. The van der Waals surface area contributed by atoms with Gasteiger partial charge in [-0.1, -0.05) is 35.9 Å². The zero-order chi connectivity index (χ0) is 17.1. The number of carboxylic acid groups (broad SMARTS) is 1. The molecule has 2 aromatic carbocycles. The second-order valence-electron chi connectivity index (χ2n) is 5.62. The van der Waals surface area contributed by atoms with Gasteiger partial charge in [0.05, 0.1) is 6.42 Å². The Balaban J connectivity index is 1.71. The number of benzene rings is 2. The first-order chi connectivity index (χ1) is 11.5. The van der Waals surface area contributed by atoms with Gasteiger partial charge in [0, 0.05) is 0 Å². The molecule has 0 aromatic heterocycles. The minimum Gasteiger partial charge on any atom is -0.479 e. The molecule has 6 heteroatoms. The summed E-state index contributed by atoms with van der Waals surface area (Å²) >= 11 is 0. The summed E-state index contributed by atoms with van der Waals surface area (Å²) in [4.78, 5) is 23.7. The molecule has 24 heavy (non-hydrogen) atoms. The Hall–Kier alpha value is -3.02. The molecule has 1 aliphatic rings. The smallest absolute Gasteiger partial charge is 0.330 e. The Kier molecular flexibility index (Phi) is 4.37. The Morgan fingerprint density at radius 1 is 1.17 bits per heavy atom. The van der Waals surface area contributed by atoms with Crippen molar-refractivity contribution in [2.45, 2.75) is 19.4 Å². The van der Waals surface area contributed by atoms with Crippen LogP contribution in [0, 0.1) is 6.92 Å². The van der Waals surface area contributed by atoms with Gasteiger partial charge in [-0.25, -0.2) is 4.79 Å². The molecule has 1 atom stereocenters. The zero-order valence-corrected chi connectivity index (χ0v) is 13.1. The van der Waals surface area contributed by atoms with E-state index in [1.807, 2.05) is 13.0 Å². The Bertz CT molecular complexity index is 787. The van der Waals surface area contributed by atoms with Gasteiger partial charge >= 0.3 is 5.97 Å². The van der Waals surface area contributed by atoms with E-state index in [0.717, 1.165) is 11.1 Å². The molecular weight excluding hydrogens is 310 g/mol. The van der Waals surface area contributed by atoms with Crippen LogP contribution in [0.5, 0.6) is 11.5 Å². The highest BCUT2D eigenvalue weighted by atomic mass is 16.7. The Labute approximate surface area is 139 Å². The van der Waals surface area contributed by atoms with Crippen LogP contribution in [0.15, 0.2) is 42.5 Å². The monoisotopic (exact) mass is 327 g/mol. The van der Waals surface area contributed by atoms with Gasteiger partial charge in [-0.3, -0.25) is 4.79 Å². The maximum atomic E-state index is 12.2. The van der Waals surface area contributed by atoms with Crippen molar-refractivity contribution < 1.29 is 24.2 Å². The van der Waals surface area contributed by atoms with Gasteiger partial charge < -0.3 is 19.9 Å². The molecule has 0 bridgehead atoms. The number of hydrogen-bond donors (Lipinski definition) is 2. The number of carboxylic acids is 1. The van der Waals surface area contributed by atoms with Crippen LogP contribution in [0.2, 0.25) is 0 Å². The van der Waals surface area contributed by atoms with E-state index in [1.165, 1.54) is 0 Å². The quantitative estimate of drug-likeness (QED) is 0.879. The molecule has 124 valence electrons. The standard InChI is InChI=1S/C18H17NO5/c1-11-3-2-4-13(7-11)17(18(21)22)19-16(20)9-12-5-6-14-15(8-12)24-10-23-14/h2-8,17H,9-10H2,1H3,(H,19,20)(H,21,22)/t17-/m0/s1. The fourth-order valence-electron chi connectivity index (χ4n) is 2.59. The number of aryl methyl sites for hydroxylation is 1. The number of rotatable bonds is 5. The normalized spacial score (nSPS) is 13.4. The molecule has 0 fully saturated rings. The fraction of sp³-hybridized carbons (Fsp3) is 0.222. The minimum atomic E-state index is -1.10. The first-order valence-corrected chi connectivity index (χ1v) is 7.50. The maximum Gasteiger partial charge on any atom is 0.330 e. The average Bonchev–Trinajstić information content (AvgIpc) is 3.00. The van der Waals surface area contributed by atoms with Gasteiger partial charge in [0.15, 0.2) is 17.5 Å². The third kappa shape index (κ3) is 3.48. The van der Waals surface area contributed by atoms with Crippen LogP contribution in [0.4, 0.5) is 0 Å². The van der Waals surface area contributed by atoms with Gasteiger partial charge in [-0.05, 0) is 30.2 Å². The van der Waals surface area contributed by atoms with E-state index >= 15 is 0 Å². The van der Waals surface area contributed by atoms with E-state index in [4.69, 9.17) is 9.47 Å². The lowest BCUT2D eigenvalue weighted by atomic mass is 10.0. The lowest BCUT2D eigenvalue weighted by Gasteiger charge is -2.15. The molecule has 2 aromatic rings. The summed E-state index contributed by atoms with van der Waals surface area (Å²) in [6.45, 7) is 2.04. The average molecular weight is 327 g/mol. The largest absolute Gasteiger partial charge is 0.479 e. The van der Waals surface area contributed by atoms with Crippen molar-refractivity contribution in [2.75, 3.05) is 6.79 Å². The Morgan fingerprint density at radius 2 is 1.96 bits per heavy atom. The molecule has 0 saturated carbocycles. The lowest BCUT2D eigenvalue weighted by molar-refractivity contribution is -0.141. The van der Waals surface area contributed by atoms with Gasteiger partial charge in [-0.2, -0.15) is 0 Å². The fourth-order valence-corrected chi connectivity index (χ4v) is 2.59. The topological polar surface area (TPSA) is 84.9 Å². The van der Waals surface area contributed by atoms with Crippen molar-refractivity contribution in [3.8, 4) is 11.5 Å². The number of carbonyl (C=O) groups excluding carboxylic acids is 1. The molecule has 0 radical (unpaired) electrons.